The largest absolute Gasteiger partial charge is 0.492 e. The highest BCUT2D eigenvalue weighted by atomic mass is 32.2. The lowest BCUT2D eigenvalue weighted by atomic mass is 10.0. The van der Waals surface area contributed by atoms with Crippen LogP contribution in [0, 0.1) is 0 Å². The maximum Gasteiger partial charge on any atom is 0.261 e. The van der Waals surface area contributed by atoms with Crippen molar-refractivity contribution >= 4 is 27.3 Å². The highest BCUT2D eigenvalue weighted by Crippen LogP contribution is 2.30. The van der Waals surface area contributed by atoms with Crippen LogP contribution in [0.1, 0.15) is 18.9 Å². The third kappa shape index (κ3) is 4.85. The molecule has 0 atom stereocenters. The number of rotatable bonds is 7. The zero-order chi connectivity index (χ0) is 21.8. The standard InChI is InChI=1S/C21H23N5O4S/c1-16(27)26-9-3-4-17-12-20(7-8-21(17)26)31(28,29)24-18-5-2-6-19(13-18)30-11-10-25-15-22-14-23-25/h2,5-8,12-15,24H,3-4,9-11H2,1H3. The summed E-state index contributed by atoms with van der Waals surface area (Å²) in [5.74, 6) is 0.498. The van der Waals surface area contributed by atoms with Crippen LogP contribution in [-0.4, -0.2) is 42.2 Å². The minimum Gasteiger partial charge on any atom is -0.492 e. The van der Waals surface area contributed by atoms with Crippen molar-refractivity contribution in [3.05, 3.63) is 60.7 Å². The number of fused-ring (bicyclic) bond motifs is 1. The van der Waals surface area contributed by atoms with Crippen molar-refractivity contribution < 1.29 is 17.9 Å². The van der Waals surface area contributed by atoms with Gasteiger partial charge >= 0.3 is 0 Å². The molecule has 0 bridgehead atoms. The molecule has 0 radical (unpaired) electrons. The van der Waals surface area contributed by atoms with Gasteiger partial charge in [0.2, 0.25) is 5.91 Å². The molecule has 0 saturated carbocycles. The molecular formula is C21H23N5O4S. The van der Waals surface area contributed by atoms with Crippen molar-refractivity contribution in [3.8, 4) is 5.75 Å². The van der Waals surface area contributed by atoms with Crippen LogP contribution < -0.4 is 14.4 Å². The van der Waals surface area contributed by atoms with Gasteiger partial charge in [0.1, 0.15) is 25.0 Å². The second-order valence-corrected chi connectivity index (χ2v) is 8.89. The Labute approximate surface area is 180 Å². The quantitative estimate of drug-likeness (QED) is 0.604. The first-order valence-electron chi connectivity index (χ1n) is 9.91. The Morgan fingerprint density at radius 2 is 2.10 bits per heavy atom. The number of benzene rings is 2. The number of nitrogens with one attached hydrogen (secondary N) is 1. The van der Waals surface area contributed by atoms with Crippen molar-refractivity contribution in [1.82, 2.24) is 14.8 Å². The first kappa shape index (κ1) is 20.9. The van der Waals surface area contributed by atoms with Crippen molar-refractivity contribution in [2.24, 2.45) is 0 Å². The first-order valence-corrected chi connectivity index (χ1v) is 11.4. The molecular weight excluding hydrogens is 418 g/mol. The Kier molecular flexibility index (Phi) is 5.90. The Morgan fingerprint density at radius 3 is 2.87 bits per heavy atom. The number of amides is 1. The lowest BCUT2D eigenvalue weighted by molar-refractivity contribution is -0.116. The minimum atomic E-state index is -3.79. The molecule has 1 aliphatic heterocycles. The molecule has 3 aromatic rings. The summed E-state index contributed by atoms with van der Waals surface area (Å²) in [5, 5.41) is 4.00. The molecule has 0 saturated heterocycles. The summed E-state index contributed by atoms with van der Waals surface area (Å²) in [5.41, 5.74) is 2.04. The van der Waals surface area contributed by atoms with Gasteiger partial charge in [0.25, 0.3) is 10.0 Å². The molecule has 0 spiro atoms. The molecule has 31 heavy (non-hydrogen) atoms. The number of aromatic nitrogens is 3. The number of ether oxygens (including phenoxy) is 1. The fourth-order valence-electron chi connectivity index (χ4n) is 3.54. The predicted molar refractivity (Wildman–Crippen MR) is 116 cm³/mol. The highest BCUT2D eigenvalue weighted by Gasteiger charge is 2.23. The van der Waals surface area contributed by atoms with Crippen molar-refractivity contribution in [1.29, 1.82) is 0 Å². The lowest BCUT2D eigenvalue weighted by Crippen LogP contribution is -2.33. The van der Waals surface area contributed by atoms with E-state index in [1.807, 2.05) is 0 Å². The molecule has 2 aromatic carbocycles. The number of sulfonamides is 1. The molecule has 0 fully saturated rings. The normalized spacial score (nSPS) is 13.5. The first-order chi connectivity index (χ1) is 14.9. The van der Waals surface area contributed by atoms with Gasteiger partial charge in [-0.3, -0.25) is 9.52 Å². The van der Waals surface area contributed by atoms with Crippen LogP contribution in [-0.2, 0) is 27.8 Å². The number of carbonyl (C=O) groups is 1. The van der Waals surface area contributed by atoms with Gasteiger partial charge in [0.15, 0.2) is 0 Å². The number of hydrogen-bond acceptors (Lipinski definition) is 6. The van der Waals surface area contributed by atoms with Crippen LogP contribution in [0.2, 0.25) is 0 Å². The van der Waals surface area contributed by atoms with Crippen LogP contribution in [0.5, 0.6) is 5.75 Å². The van der Waals surface area contributed by atoms with E-state index in [0.29, 0.717) is 31.1 Å². The fraction of sp³-hybridized carbons (Fsp3) is 0.286. The third-order valence-corrected chi connectivity index (χ3v) is 6.38. The van der Waals surface area contributed by atoms with Gasteiger partial charge in [-0.05, 0) is 48.7 Å². The zero-order valence-corrected chi connectivity index (χ0v) is 17.9. The molecule has 4 rings (SSSR count). The monoisotopic (exact) mass is 441 g/mol. The topological polar surface area (TPSA) is 106 Å². The van der Waals surface area contributed by atoms with E-state index in [2.05, 4.69) is 14.8 Å². The average molecular weight is 442 g/mol. The highest BCUT2D eigenvalue weighted by molar-refractivity contribution is 7.92. The molecule has 1 aromatic heterocycles. The summed E-state index contributed by atoms with van der Waals surface area (Å²) in [4.78, 5) is 17.5. The maximum atomic E-state index is 12.9. The Hall–Kier alpha value is -3.40. The van der Waals surface area contributed by atoms with E-state index in [1.54, 1.807) is 52.3 Å². The van der Waals surface area contributed by atoms with E-state index >= 15 is 0 Å². The van der Waals surface area contributed by atoms with E-state index in [9.17, 15) is 13.2 Å². The fourth-order valence-corrected chi connectivity index (χ4v) is 4.64. The molecule has 162 valence electrons. The number of carbonyl (C=O) groups excluding carboxylic acids is 1. The van der Waals surface area contributed by atoms with Gasteiger partial charge < -0.3 is 9.64 Å². The molecule has 1 aliphatic rings. The van der Waals surface area contributed by atoms with Crippen LogP contribution >= 0.6 is 0 Å². The van der Waals surface area contributed by atoms with Gasteiger partial charge in [-0.1, -0.05) is 6.07 Å². The average Bonchev–Trinajstić information content (AvgIpc) is 3.26. The van der Waals surface area contributed by atoms with Gasteiger partial charge in [0, 0.05) is 25.2 Å². The molecule has 1 N–H and O–H groups in total. The maximum absolute atomic E-state index is 12.9. The SMILES string of the molecule is CC(=O)N1CCCc2cc(S(=O)(=O)Nc3cccc(OCCn4cncn4)c3)ccc21. The van der Waals surface area contributed by atoms with Crippen molar-refractivity contribution in [3.63, 3.8) is 0 Å². The van der Waals surface area contributed by atoms with Gasteiger partial charge in [-0.25, -0.2) is 18.1 Å². The van der Waals surface area contributed by atoms with Gasteiger partial charge in [0.05, 0.1) is 17.1 Å². The summed E-state index contributed by atoms with van der Waals surface area (Å²) >= 11 is 0. The summed E-state index contributed by atoms with van der Waals surface area (Å²) < 4.78 is 35.8. The smallest absolute Gasteiger partial charge is 0.261 e. The van der Waals surface area contributed by atoms with Gasteiger partial charge in [-0.15, -0.1) is 0 Å². The van der Waals surface area contributed by atoms with Crippen molar-refractivity contribution in [2.75, 3.05) is 22.8 Å². The number of hydrogen-bond donors (Lipinski definition) is 1. The van der Waals surface area contributed by atoms with Crippen LogP contribution in [0.4, 0.5) is 11.4 Å². The molecule has 9 nitrogen and oxygen atoms in total. The molecule has 10 heteroatoms. The van der Waals surface area contributed by atoms with E-state index < -0.39 is 10.0 Å². The summed E-state index contributed by atoms with van der Waals surface area (Å²) in [6.45, 7) is 3.07. The second kappa shape index (κ2) is 8.76. The summed E-state index contributed by atoms with van der Waals surface area (Å²) in [6.07, 6.45) is 4.59. The molecule has 2 heterocycles. The summed E-state index contributed by atoms with van der Waals surface area (Å²) in [6, 6.07) is 11.7. The van der Waals surface area contributed by atoms with E-state index in [1.165, 1.54) is 19.3 Å². The number of anilines is 2. The number of aryl methyl sites for hydroxylation is 1. The number of nitrogens with zero attached hydrogens (tertiary/aromatic N) is 4. The minimum absolute atomic E-state index is 0.0460. The molecule has 0 aliphatic carbocycles. The van der Waals surface area contributed by atoms with E-state index in [-0.39, 0.29) is 10.8 Å². The Morgan fingerprint density at radius 1 is 1.23 bits per heavy atom. The van der Waals surface area contributed by atoms with E-state index in [4.69, 9.17) is 4.74 Å². The Balaban J connectivity index is 1.47. The van der Waals surface area contributed by atoms with Crippen molar-refractivity contribution in [2.45, 2.75) is 31.2 Å². The van der Waals surface area contributed by atoms with Gasteiger partial charge in [-0.2, -0.15) is 5.10 Å². The zero-order valence-electron chi connectivity index (χ0n) is 17.1. The van der Waals surface area contributed by atoms with Crippen LogP contribution in [0.25, 0.3) is 0 Å². The molecule has 0 unspecified atom stereocenters. The lowest BCUT2D eigenvalue weighted by Gasteiger charge is -2.28. The van der Waals surface area contributed by atoms with E-state index in [0.717, 1.165) is 24.1 Å². The van der Waals surface area contributed by atoms with Crippen LogP contribution in [0.3, 0.4) is 0 Å². The van der Waals surface area contributed by atoms with Crippen LogP contribution in [0.15, 0.2) is 60.0 Å². The molecule has 1 amide bonds. The summed E-state index contributed by atoms with van der Waals surface area (Å²) in [7, 11) is -3.79. The Bertz CT molecular complexity index is 1180. The third-order valence-electron chi connectivity index (χ3n) is 5.00. The predicted octanol–water partition coefficient (Wildman–Crippen LogP) is 2.46. The second-order valence-electron chi connectivity index (χ2n) is 7.21.